The van der Waals surface area contributed by atoms with Crippen LogP contribution in [0.2, 0.25) is 0 Å². The zero-order valence-corrected chi connectivity index (χ0v) is 32.9. The maximum Gasteiger partial charge on any atom is 0.309 e. The molecule has 0 bridgehead atoms. The molecule has 272 valence electrons. The molecule has 0 aromatic rings. The first-order chi connectivity index (χ1) is 24.4. The van der Waals surface area contributed by atoms with E-state index < -0.39 is 23.3 Å². The van der Waals surface area contributed by atoms with Crippen LogP contribution in [-0.4, -0.2) is 87.3 Å². The lowest BCUT2D eigenvalue weighted by atomic mass is 9.88. The van der Waals surface area contributed by atoms with Gasteiger partial charge in [0.15, 0.2) is 15.2 Å². The van der Waals surface area contributed by atoms with Crippen molar-refractivity contribution in [2.45, 2.75) is 51.9 Å². The predicted octanol–water partition coefficient (Wildman–Crippen LogP) is 6.98. The molecule has 0 aliphatic heterocycles. The van der Waals surface area contributed by atoms with Crippen LogP contribution in [0.1, 0.15) is 51.9 Å². The molecule has 0 aromatic heterocycles. The first-order valence-corrected chi connectivity index (χ1v) is 18.6. The molecule has 15 heteroatoms. The number of allylic oxidation sites excluding steroid dienone is 6. The SMILES string of the molecule is CCC(COC(=O)CCOC(=S)C1=CC(=S)CC=C1)(COC(=O)CCOC(=S)C1=CC(=S)CC=C1)COC(=O)CCOC(=S)C1=CC(=S)CC=C1. The minimum atomic E-state index is -1.04. The third-order valence-corrected chi connectivity index (χ3v) is 9.41. The highest BCUT2D eigenvalue weighted by atomic mass is 32.1. The Morgan fingerprint density at radius 1 is 0.549 bits per heavy atom. The van der Waals surface area contributed by atoms with Crippen LogP contribution in [0.15, 0.2) is 71.4 Å². The maximum absolute atomic E-state index is 12.7. The molecule has 0 fully saturated rings. The molecule has 0 atom stereocenters. The Labute approximate surface area is 330 Å². The fourth-order valence-corrected chi connectivity index (χ4v) is 5.71. The van der Waals surface area contributed by atoms with Gasteiger partial charge in [-0.15, -0.1) is 0 Å². The lowest BCUT2D eigenvalue weighted by Gasteiger charge is -2.31. The Bertz CT molecular complexity index is 1430. The summed E-state index contributed by atoms with van der Waals surface area (Å²) in [5, 5.41) is 0.675. The maximum atomic E-state index is 12.7. The van der Waals surface area contributed by atoms with Crippen molar-refractivity contribution >= 4 is 121 Å². The van der Waals surface area contributed by atoms with Crippen molar-refractivity contribution in [3.05, 3.63) is 71.4 Å². The van der Waals surface area contributed by atoms with E-state index in [-0.39, 0.29) is 74.1 Å². The number of ether oxygens (including phenoxy) is 6. The summed E-state index contributed by atoms with van der Waals surface area (Å²) >= 11 is 31.5. The lowest BCUT2D eigenvalue weighted by molar-refractivity contribution is -0.162. The summed E-state index contributed by atoms with van der Waals surface area (Å²) in [6, 6.07) is 0. The molecular formula is C36H38O9S6. The van der Waals surface area contributed by atoms with Gasteiger partial charge in [-0.05, 0) is 61.3 Å². The van der Waals surface area contributed by atoms with Crippen LogP contribution in [0.3, 0.4) is 0 Å². The van der Waals surface area contributed by atoms with Crippen molar-refractivity contribution in [3.8, 4) is 0 Å². The van der Waals surface area contributed by atoms with E-state index in [1.807, 2.05) is 43.4 Å². The second kappa shape index (κ2) is 22.0. The normalized spacial score (nSPS) is 15.2. The van der Waals surface area contributed by atoms with Gasteiger partial charge in [0.1, 0.15) is 19.8 Å². The van der Waals surface area contributed by atoms with Crippen molar-refractivity contribution < 1.29 is 42.8 Å². The second-order valence-electron chi connectivity index (χ2n) is 11.5. The molecule has 0 aromatic carbocycles. The number of thiocarbonyl (C=S) groups is 6. The number of carbonyl (C=O) groups is 3. The Kier molecular flexibility index (Phi) is 18.2. The highest BCUT2D eigenvalue weighted by Crippen LogP contribution is 2.25. The summed E-state index contributed by atoms with van der Waals surface area (Å²) in [5.41, 5.74) is 0.961. The summed E-state index contributed by atoms with van der Waals surface area (Å²) in [5.74, 6) is -1.72. The van der Waals surface area contributed by atoms with E-state index in [9.17, 15) is 14.4 Å². The van der Waals surface area contributed by atoms with E-state index >= 15 is 0 Å². The van der Waals surface area contributed by atoms with Crippen LogP contribution < -0.4 is 0 Å². The van der Waals surface area contributed by atoms with Gasteiger partial charge in [0.2, 0.25) is 0 Å². The van der Waals surface area contributed by atoms with Crippen LogP contribution in [0.4, 0.5) is 0 Å². The smallest absolute Gasteiger partial charge is 0.309 e. The van der Waals surface area contributed by atoms with Crippen molar-refractivity contribution in [1.82, 2.24) is 0 Å². The summed E-state index contributed by atoms with van der Waals surface area (Å²) in [7, 11) is 0. The zero-order chi connectivity index (χ0) is 37.2. The van der Waals surface area contributed by atoms with Gasteiger partial charge in [-0.2, -0.15) is 0 Å². The Hall–Kier alpha value is -3.21. The Balaban J connectivity index is 1.52. The molecular weight excluding hydrogens is 769 g/mol. The molecule has 3 rings (SSSR count). The summed E-state index contributed by atoms with van der Waals surface area (Å²) < 4.78 is 33.4. The number of carbonyl (C=O) groups excluding carboxylic acids is 3. The molecule has 0 amide bonds. The van der Waals surface area contributed by atoms with E-state index in [4.69, 9.17) is 102 Å². The number of hydrogen-bond donors (Lipinski definition) is 0. The van der Waals surface area contributed by atoms with Crippen LogP contribution in [0, 0.1) is 5.41 Å². The first kappa shape index (κ1) is 42.2. The molecule has 0 saturated carbocycles. The summed E-state index contributed by atoms with van der Waals surface area (Å²) in [6.45, 7) is 1.17. The average Bonchev–Trinajstić information content (AvgIpc) is 3.11. The molecule has 0 spiro atoms. The minimum Gasteiger partial charge on any atom is -0.482 e. The van der Waals surface area contributed by atoms with Gasteiger partial charge in [-0.3, -0.25) is 14.4 Å². The number of hydrogen-bond acceptors (Lipinski definition) is 15. The minimum absolute atomic E-state index is 0.0145. The van der Waals surface area contributed by atoms with Crippen molar-refractivity contribution in [2.24, 2.45) is 5.41 Å². The fourth-order valence-electron chi connectivity index (χ4n) is 4.41. The number of rotatable bonds is 19. The highest BCUT2D eigenvalue weighted by Gasteiger charge is 2.34. The predicted molar refractivity (Wildman–Crippen MR) is 218 cm³/mol. The van der Waals surface area contributed by atoms with E-state index in [2.05, 4.69) is 0 Å². The highest BCUT2D eigenvalue weighted by molar-refractivity contribution is 7.82. The van der Waals surface area contributed by atoms with E-state index in [1.54, 1.807) is 18.2 Å². The molecule has 0 N–H and O–H groups in total. The van der Waals surface area contributed by atoms with E-state index in [1.165, 1.54) is 0 Å². The monoisotopic (exact) mass is 806 g/mol. The molecule has 0 saturated heterocycles. The zero-order valence-electron chi connectivity index (χ0n) is 28.0. The molecule has 9 nitrogen and oxygen atoms in total. The quantitative estimate of drug-likeness (QED) is 0.0761. The van der Waals surface area contributed by atoms with Crippen molar-refractivity contribution in [2.75, 3.05) is 39.6 Å². The Morgan fingerprint density at radius 3 is 1.10 bits per heavy atom. The van der Waals surface area contributed by atoms with Crippen molar-refractivity contribution in [3.63, 3.8) is 0 Å². The van der Waals surface area contributed by atoms with Gasteiger partial charge in [0.25, 0.3) is 0 Å². The second-order valence-corrected chi connectivity index (χ2v) is 14.2. The Morgan fingerprint density at radius 2 is 0.843 bits per heavy atom. The largest absolute Gasteiger partial charge is 0.482 e. The van der Waals surface area contributed by atoms with Gasteiger partial charge in [-0.1, -0.05) is 80.0 Å². The van der Waals surface area contributed by atoms with Crippen LogP contribution >= 0.6 is 73.3 Å². The van der Waals surface area contributed by atoms with Crippen LogP contribution in [0.5, 0.6) is 0 Å². The molecule has 3 aliphatic carbocycles. The first-order valence-electron chi connectivity index (χ1n) is 16.1. The molecule has 3 aliphatic rings. The topological polar surface area (TPSA) is 107 Å². The summed E-state index contributed by atoms with van der Waals surface area (Å²) in [6.07, 6.45) is 18.5. The molecule has 0 unspecified atom stereocenters. The standard InChI is InChI=1S/C36H38O9S6/c1-2-36(21-43-30(37)12-15-40-33(49)24-6-3-9-27(46)18-24,22-44-31(38)13-16-41-34(50)25-7-4-10-28(47)19-25)23-45-32(39)14-17-42-35(51)26-8-5-11-29(48)20-26/h3-8,18-20H,2,9-17,21-23H2,1H3. The molecule has 0 radical (unpaired) electrons. The lowest BCUT2D eigenvalue weighted by Crippen LogP contribution is -2.39. The number of esters is 3. The van der Waals surface area contributed by atoms with Gasteiger partial charge in [-0.25, -0.2) is 0 Å². The third-order valence-electron chi connectivity index (χ3n) is 7.49. The van der Waals surface area contributed by atoms with Gasteiger partial charge in [0.05, 0.1) is 44.5 Å². The third kappa shape index (κ3) is 15.5. The summed E-state index contributed by atoms with van der Waals surface area (Å²) in [4.78, 5) is 40.3. The van der Waals surface area contributed by atoms with E-state index in [0.29, 0.717) is 42.4 Å². The molecule has 0 heterocycles. The van der Waals surface area contributed by atoms with E-state index in [0.717, 1.165) is 14.6 Å². The van der Waals surface area contributed by atoms with Crippen molar-refractivity contribution in [1.29, 1.82) is 0 Å². The average molecular weight is 807 g/mol. The van der Waals surface area contributed by atoms with Crippen LogP contribution in [-0.2, 0) is 42.8 Å². The van der Waals surface area contributed by atoms with Gasteiger partial charge < -0.3 is 28.4 Å². The molecule has 51 heavy (non-hydrogen) atoms. The van der Waals surface area contributed by atoms with Crippen LogP contribution in [0.25, 0.3) is 0 Å². The van der Waals surface area contributed by atoms with Gasteiger partial charge in [0, 0.05) is 50.6 Å². The fraction of sp³-hybridized carbons (Fsp3) is 0.417. The van der Waals surface area contributed by atoms with Gasteiger partial charge >= 0.3 is 17.9 Å².